The van der Waals surface area contributed by atoms with E-state index in [-0.39, 0.29) is 16.7 Å². The molecule has 3 nitrogen and oxygen atoms in total. The standard InChI is InChI=1S/C29H50O3/c1-19(2)20(3)8-9-21(4)24-11-13-27(31)29(24,6)17-15-25-26(30)12-10-22-18-23(32-7)14-16-28(22,25)5/h19-25H,8-18H2,1-7H3/t20-,21-,22-,23+,24-,25+,28+,29-/m1/s1. The first-order valence-corrected chi connectivity index (χ1v) is 13.6. The van der Waals surface area contributed by atoms with Crippen LogP contribution in [0, 0.1) is 46.3 Å². The van der Waals surface area contributed by atoms with Crippen LogP contribution in [0.2, 0.25) is 0 Å². The van der Waals surface area contributed by atoms with Gasteiger partial charge in [0.1, 0.15) is 11.6 Å². The highest BCUT2D eigenvalue weighted by Crippen LogP contribution is 2.56. The first kappa shape index (κ1) is 25.9. The molecule has 32 heavy (non-hydrogen) atoms. The Morgan fingerprint density at radius 3 is 2.38 bits per heavy atom. The highest BCUT2D eigenvalue weighted by Gasteiger charge is 2.53. The second-order valence-corrected chi connectivity index (χ2v) is 12.7. The van der Waals surface area contributed by atoms with E-state index in [1.54, 1.807) is 0 Å². The predicted molar refractivity (Wildman–Crippen MR) is 131 cm³/mol. The smallest absolute Gasteiger partial charge is 0.139 e. The van der Waals surface area contributed by atoms with Gasteiger partial charge in [-0.05, 0) is 80.0 Å². The topological polar surface area (TPSA) is 43.4 Å². The number of carbonyl (C=O) groups is 2. The Labute approximate surface area is 197 Å². The summed E-state index contributed by atoms with van der Waals surface area (Å²) < 4.78 is 5.68. The zero-order chi connectivity index (χ0) is 23.7. The molecular formula is C29H50O3. The zero-order valence-electron chi connectivity index (χ0n) is 22.0. The van der Waals surface area contributed by atoms with Crippen molar-refractivity contribution in [3.8, 4) is 0 Å². The van der Waals surface area contributed by atoms with Gasteiger partial charge in [-0.1, -0.05) is 54.4 Å². The van der Waals surface area contributed by atoms with Crippen LogP contribution >= 0.6 is 0 Å². The Bertz CT molecular complexity index is 669. The second kappa shape index (κ2) is 10.3. The van der Waals surface area contributed by atoms with E-state index in [2.05, 4.69) is 41.5 Å². The summed E-state index contributed by atoms with van der Waals surface area (Å²) in [6.07, 6.45) is 11.4. The van der Waals surface area contributed by atoms with Gasteiger partial charge in [0.2, 0.25) is 0 Å². The minimum absolute atomic E-state index is 0.0934. The van der Waals surface area contributed by atoms with Gasteiger partial charge < -0.3 is 4.74 Å². The van der Waals surface area contributed by atoms with Gasteiger partial charge >= 0.3 is 0 Å². The summed E-state index contributed by atoms with van der Waals surface area (Å²) >= 11 is 0. The quantitative estimate of drug-likeness (QED) is 0.374. The van der Waals surface area contributed by atoms with Gasteiger partial charge in [-0.15, -0.1) is 0 Å². The fourth-order valence-electron chi connectivity index (χ4n) is 7.69. The maximum absolute atomic E-state index is 13.2. The third-order valence-corrected chi connectivity index (χ3v) is 10.7. The molecule has 0 heterocycles. The Hall–Kier alpha value is -0.700. The van der Waals surface area contributed by atoms with Crippen LogP contribution in [0.5, 0.6) is 0 Å². The minimum Gasteiger partial charge on any atom is -0.381 e. The van der Waals surface area contributed by atoms with Crippen molar-refractivity contribution in [1.82, 2.24) is 0 Å². The molecule has 8 atom stereocenters. The molecule has 0 radical (unpaired) electrons. The maximum atomic E-state index is 13.2. The number of Topliss-reactive ketones (excluding diaryl/α,β-unsaturated/α-hetero) is 2. The lowest BCUT2D eigenvalue weighted by Crippen LogP contribution is -2.49. The van der Waals surface area contributed by atoms with Gasteiger partial charge in [0.25, 0.3) is 0 Å². The number of ether oxygens (including phenoxy) is 1. The molecule has 0 unspecified atom stereocenters. The summed E-state index contributed by atoms with van der Waals surface area (Å²) in [5.74, 6) is 4.14. The minimum atomic E-state index is -0.242. The number of hydrogen-bond donors (Lipinski definition) is 0. The molecule has 0 aliphatic heterocycles. The Balaban J connectivity index is 1.68. The van der Waals surface area contributed by atoms with Crippen LogP contribution in [0.25, 0.3) is 0 Å². The van der Waals surface area contributed by atoms with Gasteiger partial charge in [-0.25, -0.2) is 0 Å². The normalized spacial score (nSPS) is 39.9. The fourth-order valence-corrected chi connectivity index (χ4v) is 7.69. The van der Waals surface area contributed by atoms with Crippen molar-refractivity contribution >= 4 is 11.6 Å². The molecule has 0 bridgehead atoms. The van der Waals surface area contributed by atoms with E-state index >= 15 is 0 Å². The van der Waals surface area contributed by atoms with Crippen LogP contribution in [-0.4, -0.2) is 24.8 Å². The summed E-state index contributed by atoms with van der Waals surface area (Å²) in [5, 5.41) is 0. The largest absolute Gasteiger partial charge is 0.381 e. The first-order chi connectivity index (χ1) is 15.0. The number of ketones is 2. The summed E-state index contributed by atoms with van der Waals surface area (Å²) in [6.45, 7) is 14.0. The lowest BCUT2D eigenvalue weighted by molar-refractivity contribution is -0.141. The van der Waals surface area contributed by atoms with Crippen LogP contribution in [-0.2, 0) is 14.3 Å². The number of carbonyl (C=O) groups excluding carboxylic acids is 2. The molecule has 0 aromatic heterocycles. The van der Waals surface area contributed by atoms with E-state index in [0.717, 1.165) is 69.6 Å². The van der Waals surface area contributed by atoms with Crippen LogP contribution in [0.15, 0.2) is 0 Å². The van der Waals surface area contributed by atoms with E-state index in [0.29, 0.717) is 35.4 Å². The van der Waals surface area contributed by atoms with Gasteiger partial charge in [-0.3, -0.25) is 9.59 Å². The number of fused-ring (bicyclic) bond motifs is 1. The molecule has 0 spiro atoms. The van der Waals surface area contributed by atoms with Crippen LogP contribution in [0.4, 0.5) is 0 Å². The summed E-state index contributed by atoms with van der Waals surface area (Å²) in [7, 11) is 1.83. The average Bonchev–Trinajstić information content (AvgIpc) is 3.05. The third-order valence-electron chi connectivity index (χ3n) is 10.7. The van der Waals surface area contributed by atoms with Crippen molar-refractivity contribution in [2.24, 2.45) is 46.3 Å². The van der Waals surface area contributed by atoms with Crippen LogP contribution in [0.3, 0.4) is 0 Å². The fraction of sp³-hybridized carbons (Fsp3) is 0.931. The Kier molecular flexibility index (Phi) is 8.33. The Morgan fingerprint density at radius 1 is 1.00 bits per heavy atom. The first-order valence-electron chi connectivity index (χ1n) is 13.6. The van der Waals surface area contributed by atoms with Crippen molar-refractivity contribution < 1.29 is 14.3 Å². The van der Waals surface area contributed by atoms with E-state index in [9.17, 15) is 9.59 Å². The van der Waals surface area contributed by atoms with Crippen molar-refractivity contribution in [3.63, 3.8) is 0 Å². The molecule has 3 fully saturated rings. The van der Waals surface area contributed by atoms with Crippen LogP contribution in [0.1, 0.15) is 112 Å². The summed E-state index contributed by atoms with van der Waals surface area (Å²) in [5.41, 5.74) is -0.149. The summed E-state index contributed by atoms with van der Waals surface area (Å²) in [4.78, 5) is 26.3. The molecule has 0 saturated heterocycles. The average molecular weight is 447 g/mol. The predicted octanol–water partition coefficient (Wildman–Crippen LogP) is 7.26. The lowest BCUT2D eigenvalue weighted by Gasteiger charge is -2.52. The van der Waals surface area contributed by atoms with Crippen molar-refractivity contribution in [2.75, 3.05) is 7.11 Å². The highest BCUT2D eigenvalue weighted by atomic mass is 16.5. The van der Waals surface area contributed by atoms with Crippen LogP contribution < -0.4 is 0 Å². The molecule has 0 aromatic carbocycles. The molecule has 3 rings (SSSR count). The Morgan fingerprint density at radius 2 is 1.72 bits per heavy atom. The molecular weight excluding hydrogens is 396 g/mol. The molecule has 0 amide bonds. The molecule has 0 N–H and O–H groups in total. The van der Waals surface area contributed by atoms with E-state index in [4.69, 9.17) is 4.74 Å². The zero-order valence-corrected chi connectivity index (χ0v) is 22.0. The molecule has 3 aliphatic carbocycles. The highest BCUT2D eigenvalue weighted by molar-refractivity contribution is 5.87. The molecule has 184 valence electrons. The molecule has 3 heteroatoms. The molecule has 3 saturated carbocycles. The SMILES string of the molecule is CO[C@H]1CC[C@@]2(C)[C@H](CCC(=O)[C@@H]2CC[C@@]2(C)C(=O)CC[C@@H]2[C@H](C)CC[C@@H](C)C(C)C)C1. The van der Waals surface area contributed by atoms with Crippen molar-refractivity contribution in [1.29, 1.82) is 0 Å². The van der Waals surface area contributed by atoms with Gasteiger partial charge in [0, 0.05) is 31.3 Å². The number of rotatable bonds is 9. The van der Waals surface area contributed by atoms with E-state index < -0.39 is 0 Å². The lowest BCUT2D eigenvalue weighted by atomic mass is 9.53. The van der Waals surface area contributed by atoms with Gasteiger partial charge in [0.05, 0.1) is 6.10 Å². The van der Waals surface area contributed by atoms with Crippen molar-refractivity contribution in [2.45, 2.75) is 118 Å². The second-order valence-electron chi connectivity index (χ2n) is 12.7. The third kappa shape index (κ3) is 5.03. The summed E-state index contributed by atoms with van der Waals surface area (Å²) in [6, 6.07) is 0. The monoisotopic (exact) mass is 446 g/mol. The number of hydrogen-bond acceptors (Lipinski definition) is 3. The van der Waals surface area contributed by atoms with E-state index in [1.165, 1.54) is 12.8 Å². The van der Waals surface area contributed by atoms with E-state index in [1.807, 2.05) is 7.11 Å². The molecule has 3 aliphatic rings. The maximum Gasteiger partial charge on any atom is 0.139 e. The number of methoxy groups -OCH3 is 1. The van der Waals surface area contributed by atoms with Gasteiger partial charge in [-0.2, -0.15) is 0 Å². The van der Waals surface area contributed by atoms with Crippen molar-refractivity contribution in [3.05, 3.63) is 0 Å². The molecule has 0 aromatic rings. The van der Waals surface area contributed by atoms with Gasteiger partial charge in [0.15, 0.2) is 0 Å².